The summed E-state index contributed by atoms with van der Waals surface area (Å²) >= 11 is 0. The fourth-order valence-corrected chi connectivity index (χ4v) is 6.72. The van der Waals surface area contributed by atoms with E-state index in [9.17, 15) is 9.59 Å². The number of nitrogens with zero attached hydrogens (tertiary/aromatic N) is 2. The van der Waals surface area contributed by atoms with Crippen molar-refractivity contribution in [3.8, 4) is 11.5 Å². The number of hydrogen-bond donors (Lipinski definition) is 1. The molecule has 0 fully saturated rings. The number of nitrogens with one attached hydrogen (secondary N) is 1. The molecular formula is C34H39N3O4. The molecule has 2 unspecified atom stereocenters. The summed E-state index contributed by atoms with van der Waals surface area (Å²) in [4.78, 5) is 32.0. The minimum absolute atomic E-state index is 0.0162. The fraction of sp³-hybridized carbons (Fsp3) is 0.412. The fourth-order valence-electron chi connectivity index (χ4n) is 6.72. The van der Waals surface area contributed by atoms with Gasteiger partial charge in [-0.25, -0.2) is 0 Å². The van der Waals surface area contributed by atoms with Crippen molar-refractivity contribution < 1.29 is 19.1 Å². The molecule has 6 rings (SSSR count). The molecule has 2 amide bonds. The third-order valence-electron chi connectivity index (χ3n) is 8.63. The third kappa shape index (κ3) is 5.31. The Kier molecular flexibility index (Phi) is 7.97. The topological polar surface area (TPSA) is 71.1 Å². The van der Waals surface area contributed by atoms with E-state index < -0.39 is 12.0 Å². The van der Waals surface area contributed by atoms with Crippen LogP contribution < -0.4 is 14.8 Å². The zero-order chi connectivity index (χ0) is 28.3. The summed E-state index contributed by atoms with van der Waals surface area (Å²) in [6, 6.07) is 19.9. The lowest BCUT2D eigenvalue weighted by Gasteiger charge is -2.45. The molecule has 41 heavy (non-hydrogen) atoms. The van der Waals surface area contributed by atoms with Gasteiger partial charge in [-0.15, -0.1) is 0 Å². The standard InChI is InChI=1S/C34H39N3O4/c1-3-40-29-20-24-15-19-37-32(28(24)21-30(29)41-4-2)31(26-12-7-8-13-27(26)34(37)39)33(38)35-16-9-17-36-18-14-23-10-5-6-11-25(23)22-36/h5-8,10-13,20-21,31-32H,3-4,9,14-19,22H2,1-2H3,(H,35,38). The molecule has 0 saturated heterocycles. The van der Waals surface area contributed by atoms with Crippen molar-refractivity contribution in [1.82, 2.24) is 15.1 Å². The second-order valence-corrected chi connectivity index (χ2v) is 11.1. The molecule has 7 nitrogen and oxygen atoms in total. The zero-order valence-corrected chi connectivity index (χ0v) is 24.0. The van der Waals surface area contributed by atoms with Crippen LogP contribution in [0.25, 0.3) is 0 Å². The van der Waals surface area contributed by atoms with Gasteiger partial charge in [0.2, 0.25) is 5.91 Å². The average molecular weight is 554 g/mol. The van der Waals surface area contributed by atoms with E-state index in [-0.39, 0.29) is 11.8 Å². The minimum atomic E-state index is -0.503. The molecule has 2 atom stereocenters. The molecule has 0 aromatic heterocycles. The Balaban J connectivity index is 1.23. The molecule has 3 aromatic carbocycles. The van der Waals surface area contributed by atoms with Crippen molar-refractivity contribution in [3.05, 3.63) is 94.0 Å². The first-order valence-electron chi connectivity index (χ1n) is 15.0. The van der Waals surface area contributed by atoms with Gasteiger partial charge in [0.1, 0.15) is 0 Å². The summed E-state index contributed by atoms with van der Waals surface area (Å²) in [6.45, 7) is 9.03. The lowest BCUT2D eigenvalue weighted by atomic mass is 9.75. The van der Waals surface area contributed by atoms with Gasteiger partial charge in [-0.05, 0) is 79.1 Å². The Bertz CT molecular complexity index is 1440. The highest BCUT2D eigenvalue weighted by Gasteiger charge is 2.46. The maximum atomic E-state index is 14.0. The Morgan fingerprint density at radius 3 is 2.39 bits per heavy atom. The minimum Gasteiger partial charge on any atom is -0.490 e. The predicted molar refractivity (Wildman–Crippen MR) is 158 cm³/mol. The van der Waals surface area contributed by atoms with Gasteiger partial charge in [0.15, 0.2) is 11.5 Å². The quantitative estimate of drug-likeness (QED) is 0.383. The van der Waals surface area contributed by atoms with Crippen molar-refractivity contribution in [2.75, 3.05) is 39.4 Å². The lowest BCUT2D eigenvalue weighted by molar-refractivity contribution is -0.124. The van der Waals surface area contributed by atoms with Crippen molar-refractivity contribution >= 4 is 11.8 Å². The van der Waals surface area contributed by atoms with Crippen molar-refractivity contribution in [1.29, 1.82) is 0 Å². The van der Waals surface area contributed by atoms with Crippen LogP contribution in [0, 0.1) is 0 Å². The summed E-state index contributed by atoms with van der Waals surface area (Å²) in [5.41, 5.74) is 6.34. The normalized spacial score (nSPS) is 19.5. The molecular weight excluding hydrogens is 514 g/mol. The van der Waals surface area contributed by atoms with Crippen LogP contribution >= 0.6 is 0 Å². The maximum Gasteiger partial charge on any atom is 0.254 e. The lowest BCUT2D eigenvalue weighted by Crippen LogP contribution is -2.50. The number of ether oxygens (including phenoxy) is 2. The van der Waals surface area contributed by atoms with Gasteiger partial charge >= 0.3 is 0 Å². The maximum absolute atomic E-state index is 14.0. The molecule has 7 heteroatoms. The van der Waals surface area contributed by atoms with Crippen molar-refractivity contribution in [2.24, 2.45) is 0 Å². The number of benzene rings is 3. The van der Waals surface area contributed by atoms with Gasteiger partial charge in [0.05, 0.1) is 25.2 Å². The van der Waals surface area contributed by atoms with E-state index in [4.69, 9.17) is 9.47 Å². The Hall–Kier alpha value is -3.84. The summed E-state index contributed by atoms with van der Waals surface area (Å²) in [7, 11) is 0. The van der Waals surface area contributed by atoms with Gasteiger partial charge in [0, 0.05) is 38.3 Å². The summed E-state index contributed by atoms with van der Waals surface area (Å²) < 4.78 is 11.8. The van der Waals surface area contributed by atoms with E-state index in [0.29, 0.717) is 49.8 Å². The molecule has 0 bridgehead atoms. The number of rotatable bonds is 9. The van der Waals surface area contributed by atoms with Crippen molar-refractivity contribution in [3.63, 3.8) is 0 Å². The molecule has 0 saturated carbocycles. The molecule has 0 spiro atoms. The van der Waals surface area contributed by atoms with Crippen LogP contribution in [0.4, 0.5) is 0 Å². The monoisotopic (exact) mass is 553 g/mol. The molecule has 0 radical (unpaired) electrons. The Morgan fingerprint density at radius 2 is 1.59 bits per heavy atom. The summed E-state index contributed by atoms with van der Waals surface area (Å²) in [5.74, 6) is 0.812. The van der Waals surface area contributed by atoms with E-state index in [2.05, 4.69) is 34.5 Å². The van der Waals surface area contributed by atoms with Gasteiger partial charge in [-0.1, -0.05) is 42.5 Å². The van der Waals surface area contributed by atoms with E-state index >= 15 is 0 Å². The number of amides is 2. The van der Waals surface area contributed by atoms with Crippen LogP contribution in [0.3, 0.4) is 0 Å². The zero-order valence-electron chi connectivity index (χ0n) is 24.0. The molecule has 3 aromatic rings. The average Bonchev–Trinajstić information content (AvgIpc) is 3.00. The van der Waals surface area contributed by atoms with Crippen LogP contribution in [0.5, 0.6) is 11.5 Å². The molecule has 3 aliphatic rings. The van der Waals surface area contributed by atoms with E-state index in [1.54, 1.807) is 0 Å². The molecule has 3 heterocycles. The van der Waals surface area contributed by atoms with Gasteiger partial charge in [-0.2, -0.15) is 0 Å². The molecule has 3 aliphatic heterocycles. The number of carbonyl (C=O) groups is 2. The third-order valence-corrected chi connectivity index (χ3v) is 8.63. The number of carbonyl (C=O) groups excluding carboxylic acids is 2. The smallest absolute Gasteiger partial charge is 0.254 e. The predicted octanol–water partition coefficient (Wildman–Crippen LogP) is 4.89. The van der Waals surface area contributed by atoms with Crippen LogP contribution in [-0.4, -0.2) is 61.0 Å². The highest BCUT2D eigenvalue weighted by atomic mass is 16.5. The van der Waals surface area contributed by atoms with E-state index in [0.717, 1.165) is 49.2 Å². The largest absolute Gasteiger partial charge is 0.490 e. The van der Waals surface area contributed by atoms with Crippen LogP contribution in [0.2, 0.25) is 0 Å². The first-order valence-corrected chi connectivity index (χ1v) is 15.0. The van der Waals surface area contributed by atoms with Crippen LogP contribution in [0.15, 0.2) is 60.7 Å². The highest BCUT2D eigenvalue weighted by molar-refractivity contribution is 6.01. The second kappa shape index (κ2) is 12.0. The molecule has 0 aliphatic carbocycles. The second-order valence-electron chi connectivity index (χ2n) is 11.1. The van der Waals surface area contributed by atoms with Gasteiger partial charge in [-0.3, -0.25) is 14.5 Å². The summed E-state index contributed by atoms with van der Waals surface area (Å²) in [6.07, 6.45) is 2.65. The van der Waals surface area contributed by atoms with Crippen molar-refractivity contribution in [2.45, 2.75) is 51.6 Å². The molecule has 214 valence electrons. The van der Waals surface area contributed by atoms with E-state index in [1.165, 1.54) is 11.1 Å². The number of fused-ring (bicyclic) bond motifs is 5. The van der Waals surface area contributed by atoms with Gasteiger partial charge in [0.25, 0.3) is 5.91 Å². The Morgan fingerprint density at radius 1 is 0.878 bits per heavy atom. The first kappa shape index (κ1) is 27.3. The number of hydrogen-bond acceptors (Lipinski definition) is 5. The van der Waals surface area contributed by atoms with E-state index in [1.807, 2.05) is 55.1 Å². The molecule has 1 N–H and O–H groups in total. The van der Waals surface area contributed by atoms with Gasteiger partial charge < -0.3 is 19.7 Å². The highest BCUT2D eigenvalue weighted by Crippen LogP contribution is 2.48. The SMILES string of the molecule is CCOc1cc2c(cc1OCC)C1C(C(=O)NCCCN3CCc4ccccc4C3)c3ccccc3C(=O)N1CC2. The summed E-state index contributed by atoms with van der Waals surface area (Å²) in [5, 5.41) is 3.24. The first-order chi connectivity index (χ1) is 20.1. The van der Waals surface area contributed by atoms with Crippen LogP contribution in [-0.2, 0) is 24.2 Å². The van der Waals surface area contributed by atoms with Crippen LogP contribution in [0.1, 0.15) is 70.4 Å². The Labute approximate surface area is 242 Å².